The van der Waals surface area contributed by atoms with E-state index < -0.39 is 12.2 Å². The van der Waals surface area contributed by atoms with E-state index in [1.807, 2.05) is 0 Å². The van der Waals surface area contributed by atoms with Gasteiger partial charge in [-0.05, 0) is 36.0 Å². The number of hydrogen-bond acceptors (Lipinski definition) is 7. The summed E-state index contributed by atoms with van der Waals surface area (Å²) >= 11 is 0. The maximum absolute atomic E-state index is 11.8. The standard InChI is InChI=1S/C14H20N4O5/c19-13(15-9-5-1-2-6-9)21-11-12(18-23-17-11)22-14(20)16-10-7-3-4-8-10/h9-10H,1-8H2,(H,15,19)(H,16,20). The van der Waals surface area contributed by atoms with E-state index in [9.17, 15) is 9.59 Å². The van der Waals surface area contributed by atoms with Gasteiger partial charge in [-0.1, -0.05) is 25.7 Å². The largest absolute Gasteiger partial charge is 0.414 e. The molecular weight excluding hydrogens is 304 g/mol. The van der Waals surface area contributed by atoms with Crippen molar-refractivity contribution in [2.45, 2.75) is 63.5 Å². The number of carbonyl (C=O) groups excluding carboxylic acids is 2. The van der Waals surface area contributed by atoms with Crippen molar-refractivity contribution in [3.05, 3.63) is 0 Å². The van der Waals surface area contributed by atoms with Crippen LogP contribution in [0.15, 0.2) is 4.63 Å². The van der Waals surface area contributed by atoms with Gasteiger partial charge in [-0.25, -0.2) is 14.2 Å². The van der Waals surface area contributed by atoms with Crippen molar-refractivity contribution in [2.75, 3.05) is 0 Å². The number of ether oxygens (including phenoxy) is 2. The molecule has 126 valence electrons. The summed E-state index contributed by atoms with van der Waals surface area (Å²) in [7, 11) is 0. The number of nitrogens with one attached hydrogen (secondary N) is 2. The lowest BCUT2D eigenvalue weighted by molar-refractivity contribution is 0.183. The molecule has 0 saturated heterocycles. The summed E-state index contributed by atoms with van der Waals surface area (Å²) in [5, 5.41) is 12.3. The van der Waals surface area contributed by atoms with Crippen LogP contribution >= 0.6 is 0 Å². The molecule has 0 bridgehead atoms. The zero-order valence-corrected chi connectivity index (χ0v) is 12.7. The fourth-order valence-electron chi connectivity index (χ4n) is 3.01. The van der Waals surface area contributed by atoms with Crippen molar-refractivity contribution < 1.29 is 23.7 Å². The molecule has 2 aliphatic rings. The maximum atomic E-state index is 11.8. The van der Waals surface area contributed by atoms with Gasteiger partial charge in [0.25, 0.3) is 0 Å². The lowest BCUT2D eigenvalue weighted by Gasteiger charge is -2.12. The fraction of sp³-hybridized carbons (Fsp3) is 0.714. The molecule has 0 unspecified atom stereocenters. The van der Waals surface area contributed by atoms with Crippen LogP contribution in [0.3, 0.4) is 0 Å². The second kappa shape index (κ2) is 7.30. The summed E-state index contributed by atoms with van der Waals surface area (Å²) in [6, 6.07) is 0.217. The van der Waals surface area contributed by atoms with E-state index in [2.05, 4.69) is 25.6 Å². The molecule has 0 aromatic carbocycles. The lowest BCUT2D eigenvalue weighted by atomic mass is 10.3. The molecule has 23 heavy (non-hydrogen) atoms. The van der Waals surface area contributed by atoms with Gasteiger partial charge in [0.1, 0.15) is 0 Å². The molecule has 2 saturated carbocycles. The number of carbonyl (C=O) groups is 2. The molecular formula is C14H20N4O5. The Morgan fingerprint density at radius 3 is 1.61 bits per heavy atom. The third kappa shape index (κ3) is 4.33. The van der Waals surface area contributed by atoms with Crippen LogP contribution in [0.2, 0.25) is 0 Å². The molecule has 2 N–H and O–H groups in total. The van der Waals surface area contributed by atoms with Crippen molar-refractivity contribution >= 4 is 12.2 Å². The number of aromatic nitrogens is 2. The second-order valence-corrected chi connectivity index (χ2v) is 5.91. The van der Waals surface area contributed by atoms with E-state index in [0.29, 0.717) is 0 Å². The SMILES string of the molecule is O=C(NC1CCCC1)Oc1nonc1OC(=O)NC1CCCC1. The number of amides is 2. The molecule has 3 rings (SSSR count). The van der Waals surface area contributed by atoms with Gasteiger partial charge in [0, 0.05) is 12.1 Å². The Morgan fingerprint density at radius 2 is 1.22 bits per heavy atom. The van der Waals surface area contributed by atoms with Crippen molar-refractivity contribution in [1.82, 2.24) is 20.9 Å². The molecule has 1 aromatic rings. The fourth-order valence-corrected chi connectivity index (χ4v) is 3.01. The molecule has 0 radical (unpaired) electrons. The Kier molecular flexibility index (Phi) is 4.94. The molecule has 2 aliphatic carbocycles. The van der Waals surface area contributed by atoms with E-state index in [1.54, 1.807) is 0 Å². The minimum absolute atomic E-state index is 0.109. The quantitative estimate of drug-likeness (QED) is 0.871. The lowest BCUT2D eigenvalue weighted by Crippen LogP contribution is -2.36. The van der Waals surface area contributed by atoms with Crippen LogP contribution in [0.4, 0.5) is 9.59 Å². The van der Waals surface area contributed by atoms with Gasteiger partial charge in [0.2, 0.25) is 0 Å². The summed E-state index contributed by atoms with van der Waals surface area (Å²) in [5.74, 6) is -0.524. The predicted octanol–water partition coefficient (Wildman–Crippen LogP) is 2.13. The van der Waals surface area contributed by atoms with Crippen molar-refractivity contribution in [2.24, 2.45) is 0 Å². The number of nitrogens with zero attached hydrogens (tertiary/aromatic N) is 2. The molecule has 2 amide bonds. The van der Waals surface area contributed by atoms with E-state index in [0.717, 1.165) is 51.4 Å². The van der Waals surface area contributed by atoms with Crippen molar-refractivity contribution in [3.8, 4) is 11.8 Å². The summed E-state index contributed by atoms with van der Waals surface area (Å²) in [4.78, 5) is 23.6. The smallest absolute Gasteiger partial charge is 0.383 e. The molecule has 0 aliphatic heterocycles. The van der Waals surface area contributed by atoms with Crippen molar-refractivity contribution in [3.63, 3.8) is 0 Å². The Hall–Kier alpha value is -2.32. The molecule has 9 heteroatoms. The minimum atomic E-state index is -0.659. The van der Waals surface area contributed by atoms with Gasteiger partial charge in [-0.3, -0.25) is 0 Å². The zero-order chi connectivity index (χ0) is 16.1. The van der Waals surface area contributed by atoms with Crippen LogP contribution in [0.5, 0.6) is 11.8 Å². The number of hydrogen-bond donors (Lipinski definition) is 2. The van der Waals surface area contributed by atoms with Crippen LogP contribution in [0.25, 0.3) is 0 Å². The van der Waals surface area contributed by atoms with Crippen LogP contribution in [-0.4, -0.2) is 34.6 Å². The first-order valence-corrected chi connectivity index (χ1v) is 8.00. The molecule has 1 heterocycles. The van der Waals surface area contributed by atoms with E-state index >= 15 is 0 Å². The van der Waals surface area contributed by atoms with E-state index in [-0.39, 0.29) is 23.8 Å². The average molecular weight is 324 g/mol. The van der Waals surface area contributed by atoms with Crippen LogP contribution < -0.4 is 20.1 Å². The summed E-state index contributed by atoms with van der Waals surface area (Å²) in [6.45, 7) is 0. The average Bonchev–Trinajstić information content (AvgIpc) is 3.23. The Labute approximate surface area is 133 Å². The van der Waals surface area contributed by atoms with Gasteiger partial charge in [0.15, 0.2) is 0 Å². The normalized spacial score (nSPS) is 18.8. The summed E-state index contributed by atoms with van der Waals surface area (Å²) < 4.78 is 14.5. The monoisotopic (exact) mass is 324 g/mol. The Bertz CT molecular complexity index is 503. The van der Waals surface area contributed by atoms with E-state index in [1.165, 1.54) is 0 Å². The van der Waals surface area contributed by atoms with Gasteiger partial charge in [0.05, 0.1) is 0 Å². The molecule has 1 aromatic heterocycles. The van der Waals surface area contributed by atoms with Gasteiger partial charge < -0.3 is 20.1 Å². The molecule has 9 nitrogen and oxygen atoms in total. The van der Waals surface area contributed by atoms with Crippen molar-refractivity contribution in [1.29, 1.82) is 0 Å². The van der Waals surface area contributed by atoms with Gasteiger partial charge >= 0.3 is 23.9 Å². The van der Waals surface area contributed by atoms with Crippen LogP contribution in [0.1, 0.15) is 51.4 Å². The predicted molar refractivity (Wildman–Crippen MR) is 77.1 cm³/mol. The summed E-state index contributed by atoms with van der Waals surface area (Å²) in [6.07, 6.45) is 6.76. The minimum Gasteiger partial charge on any atom is -0.383 e. The first-order valence-electron chi connectivity index (χ1n) is 8.00. The second-order valence-electron chi connectivity index (χ2n) is 5.91. The van der Waals surface area contributed by atoms with Gasteiger partial charge in [-0.15, -0.1) is 0 Å². The highest BCUT2D eigenvalue weighted by Crippen LogP contribution is 2.23. The van der Waals surface area contributed by atoms with Crippen LogP contribution in [-0.2, 0) is 0 Å². The van der Waals surface area contributed by atoms with Crippen LogP contribution in [0, 0.1) is 0 Å². The highest BCUT2D eigenvalue weighted by Gasteiger charge is 2.24. The zero-order valence-electron chi connectivity index (χ0n) is 12.7. The third-order valence-electron chi connectivity index (χ3n) is 4.16. The highest BCUT2D eigenvalue weighted by molar-refractivity contribution is 5.73. The Morgan fingerprint density at radius 1 is 0.826 bits per heavy atom. The van der Waals surface area contributed by atoms with E-state index in [4.69, 9.17) is 9.47 Å². The first-order chi connectivity index (χ1) is 11.2. The molecule has 0 atom stereocenters. The molecule has 0 spiro atoms. The highest BCUT2D eigenvalue weighted by atomic mass is 16.7. The topological polar surface area (TPSA) is 116 Å². The maximum Gasteiger partial charge on any atom is 0.414 e. The molecule has 2 fully saturated rings. The van der Waals surface area contributed by atoms with Gasteiger partial charge in [-0.2, -0.15) is 0 Å². The first kappa shape index (κ1) is 15.6. The third-order valence-corrected chi connectivity index (χ3v) is 4.16. The Balaban J connectivity index is 1.49. The summed E-state index contributed by atoms with van der Waals surface area (Å²) in [5.41, 5.74) is 0. The number of rotatable bonds is 4.